The van der Waals surface area contributed by atoms with Crippen LogP contribution in [0.1, 0.15) is 18.1 Å². The SMILES string of the molecule is [N-]=[N+]=NCCC(O)C(O)c1cc(F)cc([N+](=O)[O-])c1N. The zero-order valence-corrected chi connectivity index (χ0v) is 10.2. The van der Waals surface area contributed by atoms with E-state index in [1.807, 2.05) is 0 Å². The molecule has 0 spiro atoms. The molecule has 0 heterocycles. The minimum Gasteiger partial charge on any atom is -0.393 e. The van der Waals surface area contributed by atoms with E-state index in [1.54, 1.807) is 0 Å². The zero-order chi connectivity index (χ0) is 15.3. The van der Waals surface area contributed by atoms with Gasteiger partial charge in [-0.2, -0.15) is 0 Å². The predicted octanol–water partition coefficient (Wildman–Crippen LogP) is 1.41. The molecule has 0 aliphatic carbocycles. The maximum absolute atomic E-state index is 13.3. The fourth-order valence-corrected chi connectivity index (χ4v) is 1.62. The molecule has 0 amide bonds. The first-order valence-corrected chi connectivity index (χ1v) is 5.48. The summed E-state index contributed by atoms with van der Waals surface area (Å²) in [6.45, 7) is -0.0912. The number of aliphatic hydroxyl groups is 2. The predicted molar refractivity (Wildman–Crippen MR) is 67.1 cm³/mol. The molecule has 20 heavy (non-hydrogen) atoms. The standard InChI is InChI=1S/C10H12FN5O4/c11-5-3-6(9(12)7(4-5)16(19)20)10(18)8(17)1-2-14-15-13/h3-4,8,10,17-18H,1-2,12H2. The quantitative estimate of drug-likeness (QED) is 0.180. The number of rotatable bonds is 6. The highest BCUT2D eigenvalue weighted by atomic mass is 19.1. The monoisotopic (exact) mass is 285 g/mol. The smallest absolute Gasteiger partial charge is 0.295 e. The van der Waals surface area contributed by atoms with Crippen LogP contribution in [0.25, 0.3) is 10.4 Å². The topological polar surface area (TPSA) is 158 Å². The second kappa shape index (κ2) is 6.66. The highest BCUT2D eigenvalue weighted by molar-refractivity contribution is 5.64. The number of nitrogens with two attached hydrogens (primary N) is 1. The van der Waals surface area contributed by atoms with Gasteiger partial charge >= 0.3 is 0 Å². The molecule has 2 atom stereocenters. The number of halogens is 1. The lowest BCUT2D eigenvalue weighted by atomic mass is 9.99. The third-order valence-electron chi connectivity index (χ3n) is 2.62. The Bertz CT molecular complexity index is 561. The van der Waals surface area contributed by atoms with Gasteiger partial charge in [-0.15, -0.1) is 0 Å². The Kier molecular flexibility index (Phi) is 5.21. The summed E-state index contributed by atoms with van der Waals surface area (Å²) in [6, 6.07) is 1.43. The Balaban J connectivity index is 3.05. The van der Waals surface area contributed by atoms with E-state index in [0.29, 0.717) is 6.07 Å². The number of aliphatic hydroxyl groups excluding tert-OH is 2. The van der Waals surface area contributed by atoms with Gasteiger partial charge in [0, 0.05) is 17.0 Å². The molecule has 10 heteroatoms. The van der Waals surface area contributed by atoms with Gasteiger partial charge < -0.3 is 15.9 Å². The summed E-state index contributed by atoms with van der Waals surface area (Å²) in [4.78, 5) is 12.3. The summed E-state index contributed by atoms with van der Waals surface area (Å²) >= 11 is 0. The molecule has 0 saturated heterocycles. The van der Waals surface area contributed by atoms with Crippen LogP contribution in [0.2, 0.25) is 0 Å². The van der Waals surface area contributed by atoms with E-state index in [-0.39, 0.29) is 18.5 Å². The molecule has 1 aromatic carbocycles. The lowest BCUT2D eigenvalue weighted by molar-refractivity contribution is -0.384. The van der Waals surface area contributed by atoms with Crippen molar-refractivity contribution in [3.8, 4) is 0 Å². The molecule has 4 N–H and O–H groups in total. The molecule has 0 aliphatic rings. The van der Waals surface area contributed by atoms with E-state index in [1.165, 1.54) is 0 Å². The Morgan fingerprint density at radius 1 is 1.55 bits per heavy atom. The summed E-state index contributed by atoms with van der Waals surface area (Å²) in [5.74, 6) is -0.956. The van der Waals surface area contributed by atoms with Crippen molar-refractivity contribution < 1.29 is 19.5 Å². The van der Waals surface area contributed by atoms with Gasteiger partial charge in [0.2, 0.25) is 0 Å². The van der Waals surface area contributed by atoms with E-state index < -0.39 is 34.3 Å². The third kappa shape index (κ3) is 3.54. The van der Waals surface area contributed by atoms with E-state index >= 15 is 0 Å². The molecule has 0 aromatic heterocycles. The van der Waals surface area contributed by atoms with Gasteiger partial charge in [0.15, 0.2) is 0 Å². The first-order chi connectivity index (χ1) is 9.38. The summed E-state index contributed by atoms with van der Waals surface area (Å²) < 4.78 is 13.3. The van der Waals surface area contributed by atoms with Crippen LogP contribution >= 0.6 is 0 Å². The lowest BCUT2D eigenvalue weighted by Crippen LogP contribution is -2.20. The third-order valence-corrected chi connectivity index (χ3v) is 2.62. The largest absolute Gasteiger partial charge is 0.393 e. The number of benzene rings is 1. The normalized spacial score (nSPS) is 13.3. The number of nitrogens with zero attached hydrogens (tertiary/aromatic N) is 4. The van der Waals surface area contributed by atoms with Crippen molar-refractivity contribution in [2.45, 2.75) is 18.6 Å². The zero-order valence-electron chi connectivity index (χ0n) is 10.2. The maximum Gasteiger partial charge on any atom is 0.295 e. The average Bonchev–Trinajstić information content (AvgIpc) is 2.40. The van der Waals surface area contributed by atoms with Crippen LogP contribution in [0.15, 0.2) is 17.2 Å². The Hall–Kier alpha value is -2.42. The van der Waals surface area contributed by atoms with Gasteiger partial charge in [0.1, 0.15) is 17.6 Å². The van der Waals surface area contributed by atoms with E-state index in [4.69, 9.17) is 11.3 Å². The minimum absolute atomic E-state index is 0.0912. The first-order valence-electron chi connectivity index (χ1n) is 5.48. The average molecular weight is 285 g/mol. The number of nitro groups is 1. The molecule has 1 aromatic rings. The molecule has 2 unspecified atom stereocenters. The van der Waals surface area contributed by atoms with Crippen molar-refractivity contribution in [2.75, 3.05) is 12.3 Å². The summed E-state index contributed by atoms with van der Waals surface area (Å²) in [7, 11) is 0. The Morgan fingerprint density at radius 2 is 2.20 bits per heavy atom. The van der Waals surface area contributed by atoms with Gasteiger partial charge in [0.25, 0.3) is 5.69 Å². The second-order valence-corrected chi connectivity index (χ2v) is 3.94. The number of hydrogen-bond acceptors (Lipinski definition) is 6. The Morgan fingerprint density at radius 3 is 2.75 bits per heavy atom. The van der Waals surface area contributed by atoms with Crippen molar-refractivity contribution in [3.63, 3.8) is 0 Å². The van der Waals surface area contributed by atoms with Crippen LogP contribution in [-0.4, -0.2) is 27.8 Å². The van der Waals surface area contributed by atoms with Gasteiger partial charge in [0.05, 0.1) is 17.1 Å². The van der Waals surface area contributed by atoms with Crippen molar-refractivity contribution in [1.82, 2.24) is 0 Å². The molecule has 1 rings (SSSR count). The van der Waals surface area contributed by atoms with Crippen molar-refractivity contribution in [2.24, 2.45) is 5.11 Å². The molecule has 0 aliphatic heterocycles. The van der Waals surface area contributed by atoms with Gasteiger partial charge in [-0.1, -0.05) is 5.11 Å². The highest BCUT2D eigenvalue weighted by Gasteiger charge is 2.26. The molecule has 0 fully saturated rings. The van der Waals surface area contributed by atoms with Gasteiger partial charge in [-0.05, 0) is 18.0 Å². The first kappa shape index (κ1) is 15.6. The Labute approximate surface area is 112 Å². The molecular weight excluding hydrogens is 273 g/mol. The van der Waals surface area contributed by atoms with Crippen molar-refractivity contribution in [1.29, 1.82) is 0 Å². The lowest BCUT2D eigenvalue weighted by Gasteiger charge is -2.19. The molecule has 0 bridgehead atoms. The van der Waals surface area contributed by atoms with Crippen molar-refractivity contribution >= 4 is 11.4 Å². The maximum atomic E-state index is 13.3. The van der Waals surface area contributed by atoms with Crippen LogP contribution in [0.5, 0.6) is 0 Å². The van der Waals surface area contributed by atoms with Crippen LogP contribution < -0.4 is 5.73 Å². The van der Waals surface area contributed by atoms with Crippen LogP contribution in [0.4, 0.5) is 15.8 Å². The summed E-state index contributed by atoms with van der Waals surface area (Å²) in [6.07, 6.45) is -3.13. The number of anilines is 1. The number of hydrogen-bond donors (Lipinski definition) is 3. The minimum atomic E-state index is -1.63. The molecular formula is C10H12FN5O4. The van der Waals surface area contributed by atoms with Crippen LogP contribution in [-0.2, 0) is 0 Å². The van der Waals surface area contributed by atoms with Crippen molar-refractivity contribution in [3.05, 3.63) is 44.1 Å². The molecule has 9 nitrogen and oxygen atoms in total. The number of nitro benzene ring substituents is 1. The van der Waals surface area contributed by atoms with Crippen LogP contribution in [0, 0.1) is 15.9 Å². The molecule has 0 radical (unpaired) electrons. The van der Waals surface area contributed by atoms with Gasteiger partial charge in [-0.3, -0.25) is 10.1 Å². The molecule has 108 valence electrons. The number of nitrogen functional groups attached to an aromatic ring is 1. The fourth-order valence-electron chi connectivity index (χ4n) is 1.62. The highest BCUT2D eigenvalue weighted by Crippen LogP contribution is 2.32. The van der Waals surface area contributed by atoms with Crippen LogP contribution in [0.3, 0.4) is 0 Å². The summed E-state index contributed by atoms with van der Waals surface area (Å²) in [5, 5.41) is 33.4. The second-order valence-electron chi connectivity index (χ2n) is 3.94. The van der Waals surface area contributed by atoms with Gasteiger partial charge in [-0.25, -0.2) is 4.39 Å². The van der Waals surface area contributed by atoms with E-state index in [9.17, 15) is 24.7 Å². The van der Waals surface area contributed by atoms with E-state index in [2.05, 4.69) is 10.0 Å². The summed E-state index contributed by atoms with van der Waals surface area (Å²) in [5.41, 5.74) is 12.2. The molecule has 0 saturated carbocycles. The van der Waals surface area contributed by atoms with E-state index in [0.717, 1.165) is 6.07 Å². The number of azide groups is 1. The fraction of sp³-hybridized carbons (Fsp3) is 0.400.